The quantitative estimate of drug-likeness (QED) is 0.542. The van der Waals surface area contributed by atoms with E-state index in [2.05, 4.69) is 5.10 Å². The van der Waals surface area contributed by atoms with Gasteiger partial charge in [-0.05, 0) is 6.07 Å². The van der Waals surface area contributed by atoms with Crippen molar-refractivity contribution in [3.05, 3.63) is 18.0 Å². The summed E-state index contributed by atoms with van der Waals surface area (Å²) in [7, 11) is 1.49. The van der Waals surface area contributed by atoms with Crippen LogP contribution in [0.3, 0.4) is 0 Å². The molecule has 0 aromatic carbocycles. The van der Waals surface area contributed by atoms with Gasteiger partial charge in [-0.3, -0.25) is 9.48 Å². The molecule has 7 heteroatoms. The zero-order valence-electron chi connectivity index (χ0n) is 6.55. The molecule has 1 rings (SSSR count). The number of aryl methyl sites for hydroxylation is 1. The van der Waals surface area contributed by atoms with E-state index in [1.54, 1.807) is 0 Å². The third kappa shape index (κ3) is 3.56. The third-order valence-electron chi connectivity index (χ3n) is 1.35. The summed E-state index contributed by atoms with van der Waals surface area (Å²) < 4.78 is 22.4. The minimum Gasteiger partial charge on any atom is -0.296 e. The average Bonchev–Trinajstić information content (AvgIpc) is 2.47. The number of aldehydes is 1. The first-order valence-electron chi connectivity index (χ1n) is 3.42. The molecule has 1 heterocycles. The van der Waals surface area contributed by atoms with Crippen LogP contribution in [0.4, 0.5) is 0 Å². The highest BCUT2D eigenvalue weighted by Gasteiger charge is 2.05. The smallest absolute Gasteiger partial charge is 0.234 e. The molecule has 1 aromatic rings. The van der Waals surface area contributed by atoms with Gasteiger partial charge in [0.25, 0.3) is 0 Å². The van der Waals surface area contributed by atoms with Gasteiger partial charge in [0.1, 0.15) is 5.69 Å². The van der Waals surface area contributed by atoms with Gasteiger partial charge < -0.3 is 0 Å². The van der Waals surface area contributed by atoms with Crippen LogP contribution in [0.5, 0.6) is 0 Å². The molecule has 1 aromatic heterocycles. The van der Waals surface area contributed by atoms with Crippen LogP contribution in [0, 0.1) is 0 Å². The number of nitrogens with zero attached hydrogens (tertiary/aromatic N) is 2. The lowest BCUT2D eigenvalue weighted by Crippen LogP contribution is -2.08. The van der Waals surface area contributed by atoms with Crippen LogP contribution in [0.2, 0.25) is 0 Å². The van der Waals surface area contributed by atoms with Gasteiger partial charge in [0.2, 0.25) is 9.05 Å². The first kappa shape index (κ1) is 10.2. The van der Waals surface area contributed by atoms with Crippen LogP contribution >= 0.6 is 10.7 Å². The zero-order chi connectivity index (χ0) is 9.90. The molecular weight excluding hydrogens is 216 g/mol. The van der Waals surface area contributed by atoms with E-state index >= 15 is 0 Å². The lowest BCUT2D eigenvalue weighted by molar-refractivity contribution is 0.111. The molecule has 0 aliphatic heterocycles. The fourth-order valence-corrected chi connectivity index (χ4v) is 1.38. The van der Waals surface area contributed by atoms with E-state index in [-0.39, 0.29) is 18.0 Å². The average molecular weight is 223 g/mol. The number of hydrogen-bond acceptors (Lipinski definition) is 4. The Kier molecular flexibility index (Phi) is 3.05. The third-order valence-corrected chi connectivity index (χ3v) is 2.48. The molecule has 0 atom stereocenters. The minimum atomic E-state index is -3.50. The summed E-state index contributed by atoms with van der Waals surface area (Å²) >= 11 is 0. The van der Waals surface area contributed by atoms with Gasteiger partial charge in [-0.1, -0.05) is 0 Å². The summed E-state index contributed by atoms with van der Waals surface area (Å²) in [5.74, 6) is -0.200. The van der Waals surface area contributed by atoms with Crippen molar-refractivity contribution in [2.45, 2.75) is 6.54 Å². The highest BCUT2D eigenvalue weighted by molar-refractivity contribution is 8.13. The van der Waals surface area contributed by atoms with Crippen LogP contribution in [-0.4, -0.2) is 30.2 Å². The van der Waals surface area contributed by atoms with Crippen molar-refractivity contribution < 1.29 is 13.2 Å². The maximum absolute atomic E-state index is 10.5. The van der Waals surface area contributed by atoms with E-state index in [0.717, 1.165) is 0 Å². The van der Waals surface area contributed by atoms with Gasteiger partial charge >= 0.3 is 0 Å². The van der Waals surface area contributed by atoms with Gasteiger partial charge in [0, 0.05) is 16.9 Å². The Labute approximate surface area is 79.7 Å². The second-order valence-corrected chi connectivity index (χ2v) is 5.26. The molecule has 0 aliphatic rings. The lowest BCUT2D eigenvalue weighted by atomic mass is 10.5. The van der Waals surface area contributed by atoms with E-state index in [4.69, 9.17) is 10.7 Å². The topological polar surface area (TPSA) is 69.0 Å². The van der Waals surface area contributed by atoms with Crippen LogP contribution in [0.1, 0.15) is 10.5 Å². The van der Waals surface area contributed by atoms with Gasteiger partial charge in [-0.25, -0.2) is 8.42 Å². The summed E-state index contributed by atoms with van der Waals surface area (Å²) in [6.45, 7) is 0.152. The summed E-state index contributed by atoms with van der Waals surface area (Å²) in [4.78, 5) is 10.2. The molecular formula is C6H7ClN2O3S. The number of halogens is 1. The maximum Gasteiger partial charge on any atom is 0.234 e. The van der Waals surface area contributed by atoms with Crippen LogP contribution in [-0.2, 0) is 15.6 Å². The van der Waals surface area contributed by atoms with E-state index in [9.17, 15) is 13.2 Å². The molecule has 0 saturated carbocycles. The highest BCUT2D eigenvalue weighted by atomic mass is 35.7. The van der Waals surface area contributed by atoms with Crippen molar-refractivity contribution >= 4 is 26.0 Å². The minimum absolute atomic E-state index is 0.152. The van der Waals surface area contributed by atoms with Gasteiger partial charge in [-0.15, -0.1) is 0 Å². The Morgan fingerprint density at radius 3 is 2.77 bits per heavy atom. The van der Waals surface area contributed by atoms with Crippen molar-refractivity contribution in [3.8, 4) is 0 Å². The van der Waals surface area contributed by atoms with Gasteiger partial charge in [0.15, 0.2) is 6.29 Å². The molecule has 0 aliphatic carbocycles. The molecule has 13 heavy (non-hydrogen) atoms. The van der Waals surface area contributed by atoms with Crippen molar-refractivity contribution in [1.82, 2.24) is 9.78 Å². The van der Waals surface area contributed by atoms with Crippen LogP contribution in [0.15, 0.2) is 12.3 Å². The van der Waals surface area contributed by atoms with Crippen molar-refractivity contribution in [2.24, 2.45) is 0 Å². The Balaban J connectivity index is 2.60. The number of carbonyl (C=O) groups is 1. The number of aromatic nitrogens is 2. The predicted molar refractivity (Wildman–Crippen MR) is 47.3 cm³/mol. The number of carbonyl (C=O) groups excluding carboxylic acids is 1. The first-order valence-corrected chi connectivity index (χ1v) is 5.90. The normalized spacial score (nSPS) is 11.5. The van der Waals surface area contributed by atoms with E-state index < -0.39 is 9.05 Å². The van der Waals surface area contributed by atoms with E-state index in [1.807, 2.05) is 0 Å². The largest absolute Gasteiger partial charge is 0.296 e. The fourth-order valence-electron chi connectivity index (χ4n) is 0.767. The zero-order valence-corrected chi connectivity index (χ0v) is 8.12. The Bertz CT molecular complexity index is 398. The molecule has 0 N–H and O–H groups in total. The van der Waals surface area contributed by atoms with Crippen LogP contribution < -0.4 is 0 Å². The van der Waals surface area contributed by atoms with Crippen molar-refractivity contribution in [2.75, 3.05) is 5.75 Å². The summed E-state index contributed by atoms with van der Waals surface area (Å²) in [6.07, 6.45) is 2.11. The summed E-state index contributed by atoms with van der Waals surface area (Å²) in [6, 6.07) is 1.49. The monoisotopic (exact) mass is 222 g/mol. The van der Waals surface area contributed by atoms with Crippen LogP contribution in [0.25, 0.3) is 0 Å². The van der Waals surface area contributed by atoms with Gasteiger partial charge in [-0.2, -0.15) is 5.10 Å². The molecule has 0 spiro atoms. The van der Waals surface area contributed by atoms with E-state index in [0.29, 0.717) is 6.29 Å². The second-order valence-electron chi connectivity index (χ2n) is 2.36. The molecule has 0 radical (unpaired) electrons. The molecule has 72 valence electrons. The lowest BCUT2D eigenvalue weighted by Gasteiger charge is -1.96. The Morgan fingerprint density at radius 2 is 2.31 bits per heavy atom. The molecule has 0 bridgehead atoms. The van der Waals surface area contributed by atoms with E-state index in [1.165, 1.54) is 16.9 Å². The highest BCUT2D eigenvalue weighted by Crippen LogP contribution is 1.98. The first-order chi connectivity index (χ1) is 6.01. The second kappa shape index (κ2) is 3.89. The summed E-state index contributed by atoms with van der Waals surface area (Å²) in [5, 5.41) is 3.76. The maximum atomic E-state index is 10.5. The van der Waals surface area contributed by atoms with Crippen molar-refractivity contribution in [1.29, 1.82) is 0 Å². The van der Waals surface area contributed by atoms with Crippen molar-refractivity contribution in [3.63, 3.8) is 0 Å². The standard InChI is InChI=1S/C6H7ClN2O3S/c7-13(11,12)4-3-9-2-1-6(5-10)8-9/h1-2,5H,3-4H2. The Hall–Kier alpha value is -0.880. The summed E-state index contributed by atoms with van der Waals surface area (Å²) in [5.41, 5.74) is 0.270. The number of hydrogen-bond donors (Lipinski definition) is 0. The van der Waals surface area contributed by atoms with Gasteiger partial charge in [0.05, 0.1) is 12.3 Å². The number of rotatable bonds is 4. The molecule has 0 saturated heterocycles. The Morgan fingerprint density at radius 1 is 1.62 bits per heavy atom. The molecule has 5 nitrogen and oxygen atoms in total. The molecule has 0 fully saturated rings. The molecule has 0 amide bonds. The fraction of sp³-hybridized carbons (Fsp3) is 0.333. The predicted octanol–water partition coefficient (Wildman–Crippen LogP) is 0.264. The molecule has 0 unspecified atom stereocenters. The SMILES string of the molecule is O=Cc1ccn(CCS(=O)(=O)Cl)n1.